The number of Topliss-reactive ketones (excluding diaryl/α,β-unsaturated/α-hetero) is 1. The maximum absolute atomic E-state index is 11.9. The number of carbonyl (C=O) groups excluding carboxylic acids is 1. The van der Waals surface area contributed by atoms with Crippen LogP contribution in [0.15, 0.2) is 0 Å². The van der Waals surface area contributed by atoms with E-state index in [1.165, 1.54) is 0 Å². The molecule has 5 nitrogen and oxygen atoms in total. The van der Waals surface area contributed by atoms with Crippen molar-refractivity contribution >= 4 is 14.6 Å². The number of carbonyl (C=O) groups is 1. The topological polar surface area (TPSA) is 70.8 Å². The van der Waals surface area contributed by atoms with Gasteiger partial charge in [0.1, 0.15) is 5.78 Å². The first-order valence-electron chi connectivity index (χ1n) is 6.77. The summed E-state index contributed by atoms with van der Waals surface area (Å²) in [5.41, 5.74) is 5.41. The van der Waals surface area contributed by atoms with Gasteiger partial charge < -0.3 is 19.0 Å². The van der Waals surface area contributed by atoms with Crippen molar-refractivity contribution in [3.63, 3.8) is 0 Å². The van der Waals surface area contributed by atoms with Gasteiger partial charge in [-0.25, -0.2) is 0 Å². The summed E-state index contributed by atoms with van der Waals surface area (Å²) < 4.78 is 16.9. The molecule has 0 fully saturated rings. The molecule has 0 unspecified atom stereocenters. The molecule has 0 aromatic rings. The molecule has 18 heavy (non-hydrogen) atoms. The Morgan fingerprint density at radius 3 is 1.89 bits per heavy atom. The van der Waals surface area contributed by atoms with E-state index in [9.17, 15) is 4.79 Å². The second-order valence-corrected chi connectivity index (χ2v) is 6.53. The Bertz CT molecular complexity index is 209. The molecule has 0 rings (SSSR count). The van der Waals surface area contributed by atoms with Crippen molar-refractivity contribution < 1.29 is 18.1 Å². The molecule has 0 aliphatic carbocycles. The largest absolute Gasteiger partial charge is 0.508 e. The fourth-order valence-corrected chi connectivity index (χ4v) is 4.27. The second kappa shape index (κ2) is 10.6. The van der Waals surface area contributed by atoms with Crippen LogP contribution in [0.3, 0.4) is 0 Å². The van der Waals surface area contributed by atoms with E-state index in [1.54, 1.807) is 0 Å². The van der Waals surface area contributed by atoms with Crippen LogP contribution < -0.4 is 5.73 Å². The van der Waals surface area contributed by atoms with Gasteiger partial charge in [-0.05, 0) is 40.2 Å². The highest BCUT2D eigenvalue weighted by atomic mass is 28.4. The van der Waals surface area contributed by atoms with E-state index in [4.69, 9.17) is 19.0 Å². The first-order valence-corrected chi connectivity index (χ1v) is 8.70. The molecule has 0 bridgehead atoms. The van der Waals surface area contributed by atoms with E-state index in [-0.39, 0.29) is 11.8 Å². The van der Waals surface area contributed by atoms with Crippen LogP contribution in [0.2, 0.25) is 6.04 Å². The normalized spacial score (nSPS) is 11.8. The molecule has 0 radical (unpaired) electrons. The maximum atomic E-state index is 11.9. The molecule has 0 aromatic heterocycles. The molecule has 0 aromatic carbocycles. The average molecular weight is 277 g/mol. The average Bonchev–Trinajstić information content (AvgIpc) is 2.30. The zero-order valence-electron chi connectivity index (χ0n) is 11.9. The third-order valence-corrected chi connectivity index (χ3v) is 5.43. The molecule has 0 atom stereocenters. The van der Waals surface area contributed by atoms with E-state index < -0.39 is 8.80 Å². The van der Waals surface area contributed by atoms with Crippen LogP contribution in [0, 0.1) is 0 Å². The monoisotopic (exact) mass is 277 g/mol. The van der Waals surface area contributed by atoms with E-state index in [2.05, 4.69) is 0 Å². The van der Waals surface area contributed by atoms with Crippen LogP contribution in [0.1, 0.15) is 40.0 Å². The summed E-state index contributed by atoms with van der Waals surface area (Å²) in [5, 5.41) is 0. The maximum Gasteiger partial charge on any atom is 0.508 e. The Kier molecular flexibility index (Phi) is 10.5. The molecular weight excluding hydrogens is 250 g/mol. The number of hydrogen-bond donors (Lipinski definition) is 1. The first-order chi connectivity index (χ1) is 8.64. The lowest BCUT2D eigenvalue weighted by Crippen LogP contribution is -2.47. The highest BCUT2D eigenvalue weighted by Gasteiger charge is 2.42. The van der Waals surface area contributed by atoms with Crippen LogP contribution >= 0.6 is 0 Å². The van der Waals surface area contributed by atoms with E-state index >= 15 is 0 Å². The lowest BCUT2D eigenvalue weighted by atomic mass is 10.2. The SMILES string of the molecule is CCO[Si](CC(=O)CCCCN)(OCC)OCC. The van der Waals surface area contributed by atoms with Crippen molar-refractivity contribution in [3.8, 4) is 0 Å². The summed E-state index contributed by atoms with van der Waals surface area (Å²) in [6, 6.07) is 0.271. The van der Waals surface area contributed by atoms with Gasteiger partial charge in [-0.1, -0.05) is 0 Å². The highest BCUT2D eigenvalue weighted by molar-refractivity contribution is 6.64. The third-order valence-electron chi connectivity index (χ3n) is 2.42. The van der Waals surface area contributed by atoms with Gasteiger partial charge in [0, 0.05) is 26.2 Å². The molecule has 6 heteroatoms. The zero-order valence-corrected chi connectivity index (χ0v) is 12.9. The number of hydrogen-bond acceptors (Lipinski definition) is 5. The molecule has 0 spiro atoms. The predicted octanol–water partition coefficient (Wildman–Crippen LogP) is 1.73. The van der Waals surface area contributed by atoms with E-state index in [1.807, 2.05) is 20.8 Å². The van der Waals surface area contributed by atoms with Gasteiger partial charge in [-0.2, -0.15) is 0 Å². The summed E-state index contributed by atoms with van der Waals surface area (Å²) >= 11 is 0. The summed E-state index contributed by atoms with van der Waals surface area (Å²) in [6.07, 6.45) is 2.22. The van der Waals surface area contributed by atoms with Crippen molar-refractivity contribution in [2.45, 2.75) is 46.1 Å². The van der Waals surface area contributed by atoms with Crippen molar-refractivity contribution in [3.05, 3.63) is 0 Å². The number of rotatable bonds is 12. The molecule has 0 saturated carbocycles. The van der Waals surface area contributed by atoms with Crippen LogP contribution in [-0.4, -0.2) is 41.0 Å². The minimum Gasteiger partial charge on any atom is -0.373 e. The quantitative estimate of drug-likeness (QED) is 0.434. The van der Waals surface area contributed by atoms with Gasteiger partial charge >= 0.3 is 8.80 Å². The Morgan fingerprint density at radius 1 is 1.00 bits per heavy atom. The standard InChI is InChI=1S/C12H27NO4Si/c1-4-15-18(16-5-2,17-6-3)11-12(14)9-7-8-10-13/h4-11,13H2,1-3H3. The van der Waals surface area contributed by atoms with Crippen molar-refractivity contribution in [2.24, 2.45) is 5.73 Å². The molecule has 0 aliphatic rings. The van der Waals surface area contributed by atoms with Gasteiger partial charge in [0.2, 0.25) is 0 Å². The smallest absolute Gasteiger partial charge is 0.373 e. The molecule has 0 aliphatic heterocycles. The molecule has 108 valence electrons. The summed E-state index contributed by atoms with van der Waals surface area (Å²) in [6.45, 7) is 7.79. The van der Waals surface area contributed by atoms with Crippen LogP contribution in [0.4, 0.5) is 0 Å². The summed E-state index contributed by atoms with van der Waals surface area (Å²) in [5.74, 6) is 0.144. The molecule has 0 heterocycles. The fourth-order valence-electron chi connectivity index (χ4n) is 1.73. The van der Waals surface area contributed by atoms with Crippen molar-refractivity contribution in [1.82, 2.24) is 0 Å². The van der Waals surface area contributed by atoms with E-state index in [0.29, 0.717) is 32.8 Å². The number of nitrogens with two attached hydrogens (primary N) is 1. The van der Waals surface area contributed by atoms with Crippen molar-refractivity contribution in [1.29, 1.82) is 0 Å². The molecular formula is C12H27NO4Si. The number of ketones is 1. The van der Waals surface area contributed by atoms with Crippen LogP contribution in [-0.2, 0) is 18.1 Å². The number of unbranched alkanes of at least 4 members (excludes halogenated alkanes) is 1. The zero-order chi connectivity index (χ0) is 13.9. The van der Waals surface area contributed by atoms with Crippen LogP contribution in [0.5, 0.6) is 0 Å². The van der Waals surface area contributed by atoms with E-state index in [0.717, 1.165) is 12.8 Å². The first kappa shape index (κ1) is 17.7. The Hall–Kier alpha value is -0.273. The minimum atomic E-state index is -2.80. The lowest BCUT2D eigenvalue weighted by Gasteiger charge is -2.27. The third kappa shape index (κ3) is 7.23. The summed E-state index contributed by atoms with van der Waals surface area (Å²) in [4.78, 5) is 11.9. The fraction of sp³-hybridized carbons (Fsp3) is 0.917. The lowest BCUT2D eigenvalue weighted by molar-refractivity contribution is -0.118. The van der Waals surface area contributed by atoms with Gasteiger partial charge in [0.25, 0.3) is 0 Å². The molecule has 0 amide bonds. The predicted molar refractivity (Wildman–Crippen MR) is 73.4 cm³/mol. The highest BCUT2D eigenvalue weighted by Crippen LogP contribution is 2.18. The minimum absolute atomic E-state index is 0.144. The second-order valence-electron chi connectivity index (χ2n) is 3.94. The van der Waals surface area contributed by atoms with Crippen molar-refractivity contribution in [2.75, 3.05) is 26.4 Å². The Morgan fingerprint density at radius 2 is 1.50 bits per heavy atom. The van der Waals surface area contributed by atoms with Gasteiger partial charge in [0.05, 0.1) is 6.04 Å². The van der Waals surface area contributed by atoms with Gasteiger partial charge in [-0.15, -0.1) is 0 Å². The Labute approximate surface area is 111 Å². The Balaban J connectivity index is 4.39. The molecule has 0 saturated heterocycles. The summed E-state index contributed by atoms with van der Waals surface area (Å²) in [7, 11) is -2.80. The van der Waals surface area contributed by atoms with Gasteiger partial charge in [0.15, 0.2) is 0 Å². The van der Waals surface area contributed by atoms with Crippen LogP contribution in [0.25, 0.3) is 0 Å². The molecule has 2 N–H and O–H groups in total. The van der Waals surface area contributed by atoms with Gasteiger partial charge in [-0.3, -0.25) is 4.79 Å².